The van der Waals surface area contributed by atoms with Gasteiger partial charge in [0.25, 0.3) is 0 Å². The fourth-order valence-electron chi connectivity index (χ4n) is 3.35. The van der Waals surface area contributed by atoms with E-state index in [1.807, 2.05) is 11.6 Å². The maximum atomic E-state index is 12.5. The van der Waals surface area contributed by atoms with E-state index >= 15 is 0 Å². The molecule has 126 valence electrons. The maximum Gasteiger partial charge on any atom is 0.318 e. The molecule has 2 N–H and O–H groups in total. The number of aromatic nitrogens is 3. The van der Waals surface area contributed by atoms with Crippen LogP contribution in [-0.2, 0) is 11.8 Å². The molecule has 0 aromatic carbocycles. The summed E-state index contributed by atoms with van der Waals surface area (Å²) in [5, 5.41) is 13.8. The molecule has 0 spiro atoms. The first kappa shape index (κ1) is 15.8. The van der Waals surface area contributed by atoms with Crippen molar-refractivity contribution in [1.29, 1.82) is 0 Å². The average Bonchev–Trinajstić information content (AvgIpc) is 2.89. The van der Waals surface area contributed by atoms with Crippen molar-refractivity contribution >= 4 is 11.9 Å². The SMILES string of the molecule is Cn1cnnc1[C@@H]1CCCN(C(=O)N[C@@H]2CCCCNC2=O)C1. The van der Waals surface area contributed by atoms with Gasteiger partial charge in [-0.2, -0.15) is 0 Å². The van der Waals surface area contributed by atoms with Crippen molar-refractivity contribution in [3.8, 4) is 0 Å². The van der Waals surface area contributed by atoms with Crippen LogP contribution in [0.3, 0.4) is 0 Å². The van der Waals surface area contributed by atoms with Gasteiger partial charge in [0.05, 0.1) is 0 Å². The van der Waals surface area contributed by atoms with Gasteiger partial charge in [0.1, 0.15) is 18.2 Å². The van der Waals surface area contributed by atoms with Crippen molar-refractivity contribution in [3.63, 3.8) is 0 Å². The molecule has 0 unspecified atom stereocenters. The summed E-state index contributed by atoms with van der Waals surface area (Å²) in [6, 6.07) is -0.570. The van der Waals surface area contributed by atoms with E-state index in [-0.39, 0.29) is 17.9 Å². The number of nitrogens with one attached hydrogen (secondary N) is 2. The number of nitrogens with zero attached hydrogens (tertiary/aromatic N) is 4. The zero-order valence-electron chi connectivity index (χ0n) is 13.5. The number of hydrogen-bond acceptors (Lipinski definition) is 4. The number of urea groups is 1. The van der Waals surface area contributed by atoms with Crippen molar-refractivity contribution < 1.29 is 9.59 Å². The van der Waals surface area contributed by atoms with Crippen LogP contribution in [0, 0.1) is 0 Å². The van der Waals surface area contributed by atoms with Crippen LogP contribution in [0.4, 0.5) is 4.79 Å². The lowest BCUT2D eigenvalue weighted by Gasteiger charge is -2.33. The summed E-state index contributed by atoms with van der Waals surface area (Å²) in [5.41, 5.74) is 0. The third-order valence-corrected chi connectivity index (χ3v) is 4.65. The highest BCUT2D eigenvalue weighted by Crippen LogP contribution is 2.25. The lowest BCUT2D eigenvalue weighted by atomic mass is 9.97. The number of likely N-dealkylation sites (tertiary alicyclic amines) is 1. The van der Waals surface area contributed by atoms with Crippen molar-refractivity contribution in [3.05, 3.63) is 12.2 Å². The highest BCUT2D eigenvalue weighted by molar-refractivity contribution is 5.87. The van der Waals surface area contributed by atoms with Gasteiger partial charge in [-0.25, -0.2) is 4.79 Å². The normalized spacial score (nSPS) is 25.6. The highest BCUT2D eigenvalue weighted by Gasteiger charge is 2.30. The molecule has 3 amide bonds. The molecule has 0 bridgehead atoms. The second-order valence-electron chi connectivity index (χ2n) is 6.37. The quantitative estimate of drug-likeness (QED) is 0.823. The largest absolute Gasteiger partial charge is 0.354 e. The lowest BCUT2D eigenvalue weighted by Crippen LogP contribution is -2.52. The number of amides is 3. The Bertz CT molecular complexity index is 572. The molecule has 8 heteroatoms. The van der Waals surface area contributed by atoms with Crippen LogP contribution in [-0.4, -0.2) is 57.3 Å². The van der Waals surface area contributed by atoms with Crippen LogP contribution < -0.4 is 10.6 Å². The Balaban J connectivity index is 1.60. The Morgan fingerprint density at radius 2 is 2.22 bits per heavy atom. The molecule has 3 heterocycles. The van der Waals surface area contributed by atoms with Gasteiger partial charge in [0.15, 0.2) is 0 Å². The lowest BCUT2D eigenvalue weighted by molar-refractivity contribution is -0.122. The second kappa shape index (κ2) is 6.97. The van der Waals surface area contributed by atoms with Crippen LogP contribution >= 0.6 is 0 Å². The van der Waals surface area contributed by atoms with Gasteiger partial charge in [-0.1, -0.05) is 0 Å². The molecule has 23 heavy (non-hydrogen) atoms. The molecule has 0 aliphatic carbocycles. The molecule has 2 aliphatic rings. The van der Waals surface area contributed by atoms with Crippen molar-refractivity contribution in [1.82, 2.24) is 30.3 Å². The summed E-state index contributed by atoms with van der Waals surface area (Å²) in [6.07, 6.45) is 6.24. The summed E-state index contributed by atoms with van der Waals surface area (Å²) < 4.78 is 1.91. The molecule has 0 saturated carbocycles. The molecule has 8 nitrogen and oxygen atoms in total. The summed E-state index contributed by atoms with van der Waals surface area (Å²) in [7, 11) is 1.92. The van der Waals surface area contributed by atoms with E-state index in [4.69, 9.17) is 0 Å². The molecule has 2 fully saturated rings. The van der Waals surface area contributed by atoms with Crippen LogP contribution in [0.5, 0.6) is 0 Å². The number of piperidine rings is 1. The molecule has 1 aromatic rings. The fourth-order valence-corrected chi connectivity index (χ4v) is 3.35. The topological polar surface area (TPSA) is 92.2 Å². The maximum absolute atomic E-state index is 12.5. The standard InChI is InChI=1S/C15H24N6O2/c1-20-10-17-19-13(20)11-5-4-8-21(9-11)15(23)18-12-6-2-3-7-16-14(12)22/h10-12H,2-9H2,1H3,(H,16,22)(H,18,23)/t11-,12-/m1/s1. The fraction of sp³-hybridized carbons (Fsp3) is 0.733. The Morgan fingerprint density at radius 3 is 3.00 bits per heavy atom. The summed E-state index contributed by atoms with van der Waals surface area (Å²) in [5.74, 6) is 1.04. The van der Waals surface area contributed by atoms with Crippen LogP contribution in [0.1, 0.15) is 43.8 Å². The second-order valence-corrected chi connectivity index (χ2v) is 6.37. The van der Waals surface area contributed by atoms with Gasteiger partial charge in [-0.05, 0) is 32.1 Å². The Morgan fingerprint density at radius 1 is 1.35 bits per heavy atom. The number of carbonyl (C=O) groups excluding carboxylic acids is 2. The Hall–Kier alpha value is -2.12. The van der Waals surface area contributed by atoms with E-state index in [1.165, 1.54) is 0 Å². The van der Waals surface area contributed by atoms with Crippen molar-refractivity contribution in [2.24, 2.45) is 7.05 Å². The van der Waals surface area contributed by atoms with Gasteiger partial charge in [-0.3, -0.25) is 4.79 Å². The van der Waals surface area contributed by atoms with Crippen molar-refractivity contribution in [2.45, 2.75) is 44.1 Å². The van der Waals surface area contributed by atoms with Gasteiger partial charge in [-0.15, -0.1) is 10.2 Å². The minimum atomic E-state index is -0.416. The Kier molecular flexibility index (Phi) is 4.78. The number of hydrogen-bond donors (Lipinski definition) is 2. The predicted molar refractivity (Wildman–Crippen MR) is 83.7 cm³/mol. The van der Waals surface area contributed by atoms with Gasteiger partial charge >= 0.3 is 6.03 Å². The minimum absolute atomic E-state index is 0.0716. The number of carbonyl (C=O) groups is 2. The minimum Gasteiger partial charge on any atom is -0.354 e. The zero-order chi connectivity index (χ0) is 16.2. The highest BCUT2D eigenvalue weighted by atomic mass is 16.2. The third-order valence-electron chi connectivity index (χ3n) is 4.65. The average molecular weight is 320 g/mol. The summed E-state index contributed by atoms with van der Waals surface area (Å²) in [6.45, 7) is 2.03. The first-order chi connectivity index (χ1) is 11.1. The van der Waals surface area contributed by atoms with E-state index < -0.39 is 6.04 Å². The van der Waals surface area contributed by atoms with Crippen molar-refractivity contribution in [2.75, 3.05) is 19.6 Å². The van der Waals surface area contributed by atoms with Gasteiger partial charge in [0.2, 0.25) is 5.91 Å². The predicted octanol–water partition coefficient (Wildman–Crippen LogP) is 0.373. The molecule has 1 aromatic heterocycles. The van der Waals surface area contributed by atoms with E-state index in [0.717, 1.165) is 31.5 Å². The Labute approximate surface area is 135 Å². The molecule has 3 rings (SSSR count). The number of aryl methyl sites for hydroxylation is 1. The van der Waals surface area contributed by atoms with E-state index in [0.29, 0.717) is 26.1 Å². The monoisotopic (exact) mass is 320 g/mol. The number of rotatable bonds is 2. The van der Waals surface area contributed by atoms with Crippen LogP contribution in [0.15, 0.2) is 6.33 Å². The summed E-state index contributed by atoms with van der Waals surface area (Å²) >= 11 is 0. The molecule has 2 atom stereocenters. The molecular formula is C15H24N6O2. The van der Waals surface area contributed by atoms with Crippen LogP contribution in [0.2, 0.25) is 0 Å². The smallest absolute Gasteiger partial charge is 0.318 e. The third kappa shape index (κ3) is 3.62. The molecule has 2 saturated heterocycles. The van der Waals surface area contributed by atoms with Gasteiger partial charge in [0, 0.05) is 32.6 Å². The molecule has 0 radical (unpaired) electrons. The first-order valence-corrected chi connectivity index (χ1v) is 8.32. The van der Waals surface area contributed by atoms with E-state index in [2.05, 4.69) is 20.8 Å². The van der Waals surface area contributed by atoms with Gasteiger partial charge < -0.3 is 20.1 Å². The first-order valence-electron chi connectivity index (χ1n) is 8.32. The molecular weight excluding hydrogens is 296 g/mol. The molecule has 2 aliphatic heterocycles. The van der Waals surface area contributed by atoms with Crippen LogP contribution in [0.25, 0.3) is 0 Å². The van der Waals surface area contributed by atoms with E-state index in [1.54, 1.807) is 11.2 Å². The van der Waals surface area contributed by atoms with E-state index in [9.17, 15) is 9.59 Å². The zero-order valence-corrected chi connectivity index (χ0v) is 13.5. The summed E-state index contributed by atoms with van der Waals surface area (Å²) in [4.78, 5) is 26.3.